The van der Waals surface area contributed by atoms with Gasteiger partial charge in [-0.05, 0) is 51.4 Å². The van der Waals surface area contributed by atoms with Crippen LogP contribution in [0, 0.1) is 11.8 Å². The van der Waals surface area contributed by atoms with Crippen molar-refractivity contribution in [1.82, 2.24) is 10.3 Å². The number of hydrogen-bond acceptors (Lipinski definition) is 4. The fourth-order valence-corrected chi connectivity index (χ4v) is 3.97. The molecule has 158 valence electrons. The predicted molar refractivity (Wildman–Crippen MR) is 109 cm³/mol. The summed E-state index contributed by atoms with van der Waals surface area (Å²) in [6, 6.07) is -0.147. The number of allylic oxidation sites excluding steroid dienone is 2. The molecule has 2 heterocycles. The fourth-order valence-electron chi connectivity index (χ4n) is 3.97. The Bertz CT molecular complexity index is 564. The zero-order valence-corrected chi connectivity index (χ0v) is 17.2. The van der Waals surface area contributed by atoms with Crippen LogP contribution in [0.3, 0.4) is 0 Å². The van der Waals surface area contributed by atoms with Gasteiger partial charge >= 0.3 is 12.0 Å². The number of nitrogens with zero attached hydrogens (tertiary/aromatic N) is 2. The first kappa shape index (κ1) is 22.4. The van der Waals surface area contributed by atoms with Gasteiger partial charge in [0, 0.05) is 31.6 Å². The van der Waals surface area contributed by atoms with E-state index in [1.807, 2.05) is 13.1 Å². The van der Waals surface area contributed by atoms with Gasteiger partial charge in [0.25, 0.3) is 0 Å². The highest BCUT2D eigenvalue weighted by atomic mass is 16.5. The number of hydrazone groups is 1. The van der Waals surface area contributed by atoms with Crippen LogP contribution in [0.5, 0.6) is 0 Å². The second kappa shape index (κ2) is 11.8. The third-order valence-electron chi connectivity index (χ3n) is 5.54. The van der Waals surface area contributed by atoms with Crippen molar-refractivity contribution >= 4 is 18.2 Å². The summed E-state index contributed by atoms with van der Waals surface area (Å²) in [4.78, 5) is 22.8. The fraction of sp³-hybridized carbons (Fsp3) is 0.762. The van der Waals surface area contributed by atoms with Crippen molar-refractivity contribution in [3.05, 3.63) is 12.2 Å². The minimum Gasteiger partial charge on any atom is -0.481 e. The topological polar surface area (TPSA) is 91.2 Å². The molecule has 0 aliphatic carbocycles. The van der Waals surface area contributed by atoms with E-state index >= 15 is 0 Å². The van der Waals surface area contributed by atoms with E-state index in [1.165, 1.54) is 5.01 Å². The number of unbranched alkanes of at least 4 members (excludes halogenated alkanes) is 2. The number of ether oxygens (including phenoxy) is 1. The van der Waals surface area contributed by atoms with Gasteiger partial charge in [-0.3, -0.25) is 4.79 Å². The highest BCUT2D eigenvalue weighted by Crippen LogP contribution is 2.44. The van der Waals surface area contributed by atoms with Gasteiger partial charge in [0.2, 0.25) is 0 Å². The van der Waals surface area contributed by atoms with E-state index in [0.717, 1.165) is 38.5 Å². The van der Waals surface area contributed by atoms with Crippen LogP contribution in [0.2, 0.25) is 0 Å². The first-order chi connectivity index (χ1) is 13.6. The average molecular weight is 394 g/mol. The van der Waals surface area contributed by atoms with E-state index in [9.17, 15) is 9.59 Å². The molecule has 0 spiro atoms. The van der Waals surface area contributed by atoms with Crippen molar-refractivity contribution in [2.24, 2.45) is 16.9 Å². The second-order valence-electron chi connectivity index (χ2n) is 7.59. The molecule has 4 atom stereocenters. The Balaban J connectivity index is 1.86. The van der Waals surface area contributed by atoms with Gasteiger partial charge in [-0.1, -0.05) is 25.5 Å². The SMILES string of the molecule is CCCCNC(=O)N(CC)N=C[C@H]1[C@@H](C/C=C\CCCC(=O)O)[C@H]2CC[C@@H]1O2. The minimum absolute atomic E-state index is 0.147. The highest BCUT2D eigenvalue weighted by Gasteiger charge is 2.47. The summed E-state index contributed by atoms with van der Waals surface area (Å²) < 4.78 is 6.09. The summed E-state index contributed by atoms with van der Waals surface area (Å²) in [7, 11) is 0. The first-order valence-electron chi connectivity index (χ1n) is 10.7. The van der Waals surface area contributed by atoms with Crippen LogP contribution in [-0.2, 0) is 9.53 Å². The second-order valence-corrected chi connectivity index (χ2v) is 7.59. The maximum Gasteiger partial charge on any atom is 0.337 e. The number of nitrogens with one attached hydrogen (secondary N) is 1. The van der Waals surface area contributed by atoms with Crippen molar-refractivity contribution in [2.75, 3.05) is 13.1 Å². The molecule has 2 amide bonds. The largest absolute Gasteiger partial charge is 0.481 e. The third kappa shape index (κ3) is 6.62. The maximum absolute atomic E-state index is 12.2. The Labute approximate surface area is 168 Å². The number of fused-ring (bicyclic) bond motifs is 2. The van der Waals surface area contributed by atoms with Gasteiger partial charge in [0.05, 0.1) is 12.2 Å². The summed E-state index contributed by atoms with van der Waals surface area (Å²) in [5.74, 6) is -0.148. The number of carbonyl (C=O) groups is 2. The molecule has 0 unspecified atom stereocenters. The number of urea groups is 1. The molecule has 0 aromatic heterocycles. The Morgan fingerprint density at radius 2 is 2.00 bits per heavy atom. The van der Waals surface area contributed by atoms with Gasteiger partial charge < -0.3 is 15.2 Å². The van der Waals surface area contributed by atoms with Gasteiger partial charge in [0.15, 0.2) is 0 Å². The number of rotatable bonds is 12. The highest BCUT2D eigenvalue weighted by molar-refractivity contribution is 5.75. The molecule has 0 radical (unpaired) electrons. The summed E-state index contributed by atoms with van der Waals surface area (Å²) in [6.45, 7) is 5.22. The van der Waals surface area contributed by atoms with Crippen LogP contribution in [0.4, 0.5) is 4.79 Å². The van der Waals surface area contributed by atoms with E-state index < -0.39 is 5.97 Å². The quantitative estimate of drug-likeness (QED) is 0.228. The van der Waals surface area contributed by atoms with Crippen LogP contribution in [0.25, 0.3) is 0 Å². The molecule has 2 N–H and O–H groups in total. The summed E-state index contributed by atoms with van der Waals surface area (Å²) >= 11 is 0. The van der Waals surface area contributed by atoms with Crippen molar-refractivity contribution in [2.45, 2.75) is 77.4 Å². The molecule has 2 fully saturated rings. The summed E-state index contributed by atoms with van der Waals surface area (Å²) in [5, 5.41) is 17.6. The van der Waals surface area contributed by atoms with Crippen LogP contribution < -0.4 is 5.32 Å². The molecule has 7 heteroatoms. The molecule has 2 bridgehead atoms. The Morgan fingerprint density at radius 1 is 1.21 bits per heavy atom. The van der Waals surface area contributed by atoms with Gasteiger partial charge in [-0.25, -0.2) is 9.80 Å². The number of carbonyl (C=O) groups excluding carboxylic acids is 1. The lowest BCUT2D eigenvalue weighted by molar-refractivity contribution is -0.137. The van der Waals surface area contributed by atoms with Crippen molar-refractivity contribution in [3.8, 4) is 0 Å². The van der Waals surface area contributed by atoms with Crippen molar-refractivity contribution in [3.63, 3.8) is 0 Å². The standard InChI is InChI=1S/C21H35N3O4/c1-3-5-14-22-21(27)24(4-2)23-15-17-16(18-12-13-19(17)28-18)10-8-6-7-9-11-20(25)26/h6,8,15-19H,3-5,7,9-14H2,1-2H3,(H,22,27)(H,25,26)/b8-6-,23-15?/t16-,17+,18-,19+/m1/s1. The summed E-state index contributed by atoms with van der Waals surface area (Å²) in [6.07, 6.45) is 13.3. The van der Waals surface area contributed by atoms with Gasteiger partial charge in [-0.2, -0.15) is 5.10 Å². The molecule has 28 heavy (non-hydrogen) atoms. The molecule has 7 nitrogen and oxygen atoms in total. The lowest BCUT2D eigenvalue weighted by Crippen LogP contribution is -2.38. The van der Waals surface area contributed by atoms with Crippen LogP contribution in [0.15, 0.2) is 17.3 Å². The summed E-state index contributed by atoms with van der Waals surface area (Å²) in [5.41, 5.74) is 0. The third-order valence-corrected chi connectivity index (χ3v) is 5.54. The normalized spacial score (nSPS) is 26.4. The molecule has 2 rings (SSSR count). The molecule has 0 aromatic carbocycles. The van der Waals surface area contributed by atoms with Gasteiger partial charge in [-0.15, -0.1) is 0 Å². The monoisotopic (exact) mass is 393 g/mol. The number of hydrogen-bond donors (Lipinski definition) is 2. The van der Waals surface area contributed by atoms with Crippen molar-refractivity contribution < 1.29 is 19.4 Å². The minimum atomic E-state index is -0.745. The maximum atomic E-state index is 12.2. The molecule has 2 aliphatic rings. The smallest absolute Gasteiger partial charge is 0.337 e. The Morgan fingerprint density at radius 3 is 2.71 bits per heavy atom. The molecular weight excluding hydrogens is 358 g/mol. The van der Waals surface area contributed by atoms with Crippen LogP contribution in [-0.4, -0.2) is 53.6 Å². The van der Waals surface area contributed by atoms with Gasteiger partial charge in [0.1, 0.15) is 0 Å². The van der Waals surface area contributed by atoms with Crippen LogP contribution >= 0.6 is 0 Å². The van der Waals surface area contributed by atoms with Crippen molar-refractivity contribution in [1.29, 1.82) is 0 Å². The van der Waals surface area contributed by atoms with E-state index in [-0.39, 0.29) is 30.6 Å². The molecule has 0 saturated carbocycles. The first-order valence-corrected chi connectivity index (χ1v) is 10.7. The van der Waals surface area contributed by atoms with E-state index in [1.54, 1.807) is 0 Å². The molecule has 2 saturated heterocycles. The lowest BCUT2D eigenvalue weighted by Gasteiger charge is -2.25. The average Bonchev–Trinajstić information content (AvgIpc) is 3.27. The molecular formula is C21H35N3O4. The Hall–Kier alpha value is -1.89. The predicted octanol–water partition coefficient (Wildman–Crippen LogP) is 3.80. The van der Waals surface area contributed by atoms with Crippen LogP contribution in [0.1, 0.15) is 65.2 Å². The molecule has 2 aliphatic heterocycles. The zero-order valence-electron chi connectivity index (χ0n) is 17.2. The zero-order chi connectivity index (χ0) is 20.4. The lowest BCUT2D eigenvalue weighted by atomic mass is 9.78. The number of amides is 2. The number of carboxylic acid groups (broad SMARTS) is 1. The number of carboxylic acids is 1. The van der Waals surface area contributed by atoms with E-state index in [2.05, 4.69) is 29.5 Å². The van der Waals surface area contributed by atoms with E-state index in [0.29, 0.717) is 25.4 Å². The van der Waals surface area contributed by atoms with E-state index in [4.69, 9.17) is 9.84 Å². The molecule has 0 aromatic rings. The number of aliphatic carboxylic acids is 1. The Kier molecular flexibility index (Phi) is 9.47.